The third-order valence-corrected chi connectivity index (χ3v) is 17.9. The summed E-state index contributed by atoms with van der Waals surface area (Å²) in [5.74, 6) is 2.32. The van der Waals surface area contributed by atoms with Crippen molar-refractivity contribution in [2.75, 3.05) is 13.2 Å². The van der Waals surface area contributed by atoms with E-state index in [4.69, 9.17) is 33.2 Å². The molecule has 0 N–H and O–H groups in total. The SMILES string of the molecule is CCC(C)(C)C(=O)OC1(C(C)C)C2CC3CC(C2)CC1C3.CCC(C)(C)C(=O)OC1(C)CCCC1.CCC(C)(C)C(=O)OC1CC2OC1C1COC(=O)C21.CCC(C)(C)C(=O)OC1CCOC1=O. The van der Waals surface area contributed by atoms with Gasteiger partial charge in [0.2, 0.25) is 6.10 Å². The number of fused-ring (bicyclic) bond motifs is 5. The molecule has 0 aromatic rings. The Morgan fingerprint density at radius 1 is 0.632 bits per heavy atom. The Hall–Kier alpha value is -3.22. The van der Waals surface area contributed by atoms with Gasteiger partial charge in [0.05, 0.1) is 46.9 Å². The minimum Gasteiger partial charge on any atom is -0.465 e. The number of carbonyl (C=O) groups is 6. The molecule has 9 aliphatic rings. The summed E-state index contributed by atoms with van der Waals surface area (Å²) < 4.78 is 38.3. The Balaban J connectivity index is 0.000000172. The molecular formula is C55H90O13. The Morgan fingerprint density at radius 2 is 1.10 bits per heavy atom. The molecule has 4 heterocycles. The Morgan fingerprint density at radius 3 is 1.56 bits per heavy atom. The summed E-state index contributed by atoms with van der Waals surface area (Å²) in [5, 5.41) is 0. The predicted octanol–water partition coefficient (Wildman–Crippen LogP) is 10.7. The van der Waals surface area contributed by atoms with Crippen LogP contribution in [0.4, 0.5) is 0 Å². The molecule has 0 radical (unpaired) electrons. The molecule has 9 fully saturated rings. The van der Waals surface area contributed by atoms with Crippen molar-refractivity contribution in [3.63, 3.8) is 0 Å². The van der Waals surface area contributed by atoms with E-state index in [0.29, 0.717) is 50.2 Å². The van der Waals surface area contributed by atoms with Gasteiger partial charge in [-0.3, -0.25) is 24.0 Å². The maximum Gasteiger partial charge on any atom is 0.347 e. The molecule has 6 atom stereocenters. The summed E-state index contributed by atoms with van der Waals surface area (Å²) in [7, 11) is 0. The van der Waals surface area contributed by atoms with Gasteiger partial charge in [-0.15, -0.1) is 0 Å². The first-order valence-corrected chi connectivity index (χ1v) is 26.5. The van der Waals surface area contributed by atoms with Crippen molar-refractivity contribution >= 4 is 35.8 Å². The van der Waals surface area contributed by atoms with Crippen molar-refractivity contribution in [3.05, 3.63) is 0 Å². The van der Waals surface area contributed by atoms with Crippen LogP contribution in [0, 0.1) is 63.1 Å². The van der Waals surface area contributed by atoms with Crippen molar-refractivity contribution in [3.8, 4) is 0 Å². The van der Waals surface area contributed by atoms with E-state index in [1.54, 1.807) is 13.8 Å². The first kappa shape index (κ1) is 55.7. The maximum absolute atomic E-state index is 12.8. The zero-order valence-corrected chi connectivity index (χ0v) is 44.7. The molecule has 68 heavy (non-hydrogen) atoms. The van der Waals surface area contributed by atoms with Crippen LogP contribution in [0.25, 0.3) is 0 Å². The average Bonchev–Trinajstić information content (AvgIpc) is 4.14. The molecule has 4 aliphatic heterocycles. The van der Waals surface area contributed by atoms with Gasteiger partial charge in [0.15, 0.2) is 0 Å². The van der Waals surface area contributed by atoms with Crippen LogP contribution in [0.15, 0.2) is 0 Å². The van der Waals surface area contributed by atoms with Crippen molar-refractivity contribution < 1.29 is 61.9 Å². The van der Waals surface area contributed by atoms with Crippen molar-refractivity contribution in [2.24, 2.45) is 63.1 Å². The van der Waals surface area contributed by atoms with Crippen LogP contribution in [0.1, 0.15) is 200 Å². The largest absolute Gasteiger partial charge is 0.465 e. The smallest absolute Gasteiger partial charge is 0.347 e. The highest BCUT2D eigenvalue weighted by Crippen LogP contribution is 2.62. The molecule has 6 bridgehead atoms. The molecule has 0 spiro atoms. The number of hydrogen-bond acceptors (Lipinski definition) is 13. The summed E-state index contributed by atoms with van der Waals surface area (Å²) >= 11 is 0. The van der Waals surface area contributed by atoms with Gasteiger partial charge in [0.1, 0.15) is 23.4 Å². The van der Waals surface area contributed by atoms with Gasteiger partial charge < -0.3 is 33.2 Å². The molecule has 0 aromatic carbocycles. The maximum atomic E-state index is 12.8. The molecule has 9 rings (SSSR count). The number of hydrogen-bond donors (Lipinski definition) is 0. The molecule has 0 amide bonds. The highest BCUT2D eigenvalue weighted by molar-refractivity contribution is 5.83. The van der Waals surface area contributed by atoms with E-state index >= 15 is 0 Å². The van der Waals surface area contributed by atoms with E-state index in [2.05, 4.69) is 27.7 Å². The van der Waals surface area contributed by atoms with E-state index < -0.39 is 22.9 Å². The lowest BCUT2D eigenvalue weighted by molar-refractivity contribution is -0.231. The van der Waals surface area contributed by atoms with E-state index in [9.17, 15) is 28.8 Å². The lowest BCUT2D eigenvalue weighted by Crippen LogP contribution is -2.63. The molecule has 5 aliphatic carbocycles. The minimum absolute atomic E-state index is 0.0335. The van der Waals surface area contributed by atoms with E-state index in [1.807, 2.05) is 62.3 Å². The van der Waals surface area contributed by atoms with Crippen LogP contribution < -0.4 is 0 Å². The van der Waals surface area contributed by atoms with Crippen molar-refractivity contribution in [1.29, 1.82) is 0 Å². The van der Waals surface area contributed by atoms with E-state index in [0.717, 1.165) is 43.9 Å². The fourth-order valence-corrected chi connectivity index (χ4v) is 11.5. The second-order valence-corrected chi connectivity index (χ2v) is 24.7. The van der Waals surface area contributed by atoms with Crippen LogP contribution in [0.5, 0.6) is 0 Å². The van der Waals surface area contributed by atoms with E-state index in [-0.39, 0.29) is 82.0 Å². The number of cyclic esters (lactones) is 2. The van der Waals surface area contributed by atoms with Crippen molar-refractivity contribution in [2.45, 2.75) is 236 Å². The lowest BCUT2D eigenvalue weighted by Gasteiger charge is -2.62. The van der Waals surface area contributed by atoms with Gasteiger partial charge in [-0.25, -0.2) is 4.79 Å². The molecule has 4 saturated heterocycles. The number of rotatable bonds is 13. The summed E-state index contributed by atoms with van der Waals surface area (Å²) in [5.41, 5.74) is -2.02. The second-order valence-electron chi connectivity index (χ2n) is 24.7. The number of esters is 6. The second kappa shape index (κ2) is 21.6. The van der Waals surface area contributed by atoms with Crippen molar-refractivity contribution in [1.82, 2.24) is 0 Å². The summed E-state index contributed by atoms with van der Waals surface area (Å²) in [4.78, 5) is 70.9. The zero-order chi connectivity index (χ0) is 50.8. The molecule has 388 valence electrons. The molecular weight excluding hydrogens is 869 g/mol. The first-order chi connectivity index (χ1) is 31.6. The molecule has 5 saturated carbocycles. The van der Waals surface area contributed by atoms with Gasteiger partial charge in [0, 0.05) is 18.8 Å². The summed E-state index contributed by atoms with van der Waals surface area (Å²) in [6.45, 7) is 30.7. The summed E-state index contributed by atoms with van der Waals surface area (Å²) in [6.07, 6.45) is 14.1. The first-order valence-electron chi connectivity index (χ1n) is 26.5. The minimum atomic E-state index is -0.687. The van der Waals surface area contributed by atoms with Gasteiger partial charge in [0.25, 0.3) is 0 Å². The molecule has 13 nitrogen and oxygen atoms in total. The highest BCUT2D eigenvalue weighted by atomic mass is 16.6. The Kier molecular flexibility index (Phi) is 17.7. The number of carbonyl (C=O) groups excluding carboxylic acids is 6. The normalized spacial score (nSPS) is 32.9. The third kappa shape index (κ3) is 12.1. The van der Waals surface area contributed by atoms with Gasteiger partial charge in [-0.1, -0.05) is 41.5 Å². The Labute approximate surface area is 408 Å². The van der Waals surface area contributed by atoms with Crippen LogP contribution in [-0.4, -0.2) is 84.6 Å². The fourth-order valence-electron chi connectivity index (χ4n) is 11.5. The van der Waals surface area contributed by atoms with E-state index in [1.165, 1.54) is 44.9 Å². The van der Waals surface area contributed by atoms with Crippen LogP contribution in [0.2, 0.25) is 0 Å². The molecule has 6 unspecified atom stereocenters. The summed E-state index contributed by atoms with van der Waals surface area (Å²) in [6, 6.07) is 0. The molecule has 13 heteroatoms. The van der Waals surface area contributed by atoms with Gasteiger partial charge in [-0.2, -0.15) is 0 Å². The fraction of sp³-hybridized carbons (Fsp3) is 0.891. The topological polar surface area (TPSA) is 167 Å². The predicted molar refractivity (Wildman–Crippen MR) is 257 cm³/mol. The van der Waals surface area contributed by atoms with Crippen LogP contribution >= 0.6 is 0 Å². The highest BCUT2D eigenvalue weighted by Gasteiger charge is 2.63. The van der Waals surface area contributed by atoms with Gasteiger partial charge in [-0.05, 0) is 175 Å². The monoisotopic (exact) mass is 959 g/mol. The molecule has 0 aromatic heterocycles. The third-order valence-electron chi connectivity index (χ3n) is 17.9. The average molecular weight is 959 g/mol. The quantitative estimate of drug-likeness (QED) is 0.126. The van der Waals surface area contributed by atoms with Gasteiger partial charge >= 0.3 is 35.8 Å². The Bertz CT molecular complexity index is 1770. The van der Waals surface area contributed by atoms with Crippen LogP contribution in [-0.2, 0) is 61.9 Å². The standard InChI is InChI=1S/C19H32O2.C14H20O5.C12H22O2.C10H16O4/c1-6-18(4,5)17(20)21-19(12(2)3)15-8-13-7-14(10-15)11-16(19)9-13;1-4-14(2,3)13(16)19-9-5-8-10-7(11(9)18-8)6-17-12(10)15;1-5-11(2,3)10(13)14-12(4)8-6-7-9-12;1-4-10(2,3)9(12)14-7-5-6-13-8(7)11/h12-16H,6-11H2,1-5H3;7-11H,4-6H2,1-3H3;5-9H2,1-4H3;7H,4-6H2,1-3H3. The number of ether oxygens (including phenoxy) is 7. The zero-order valence-electron chi connectivity index (χ0n) is 44.7. The van der Waals surface area contributed by atoms with Crippen LogP contribution in [0.3, 0.4) is 0 Å². The lowest BCUT2D eigenvalue weighted by atomic mass is 9.47.